The second-order valence-corrected chi connectivity index (χ2v) is 7.91. The number of primary sulfonamides is 1. The Morgan fingerprint density at radius 1 is 0.913 bits per heavy atom. The lowest BCUT2D eigenvalue weighted by Crippen LogP contribution is -2.11. The molecule has 23 heavy (non-hydrogen) atoms. The molecule has 0 radical (unpaired) electrons. The molecule has 2 aromatic carbocycles. The van der Waals surface area contributed by atoms with Crippen LogP contribution < -0.4 is 5.14 Å². The van der Waals surface area contributed by atoms with Gasteiger partial charge in [-0.05, 0) is 65.8 Å². The lowest BCUT2D eigenvalue weighted by Gasteiger charge is -2.11. The summed E-state index contributed by atoms with van der Waals surface area (Å²) in [6.45, 7) is 0. The monoisotopic (exact) mass is 367 g/mol. The predicted octanol–water partition coefficient (Wildman–Crippen LogP) is 4.74. The van der Waals surface area contributed by atoms with Crippen LogP contribution in [0.15, 0.2) is 47.4 Å². The number of halogens is 2. The molecule has 0 aromatic heterocycles. The van der Waals surface area contributed by atoms with Crippen LogP contribution in [0, 0.1) is 0 Å². The molecule has 3 nitrogen and oxygen atoms in total. The van der Waals surface area contributed by atoms with E-state index in [1.807, 2.05) is 12.1 Å². The van der Waals surface area contributed by atoms with Crippen LogP contribution in [0.2, 0.25) is 10.0 Å². The minimum Gasteiger partial charge on any atom is -0.225 e. The van der Waals surface area contributed by atoms with Crippen LogP contribution >= 0.6 is 23.2 Å². The molecule has 6 heteroatoms. The lowest BCUT2D eigenvalue weighted by molar-refractivity contribution is 0.598. The maximum absolute atomic E-state index is 11.4. The molecule has 1 aliphatic rings. The normalized spacial score (nSPS) is 15.3. The SMILES string of the molecule is NS(=O)(=O)c1ccc(C2=C(c3ccc(Cl)cc3Cl)CCC2)cc1. The first-order chi connectivity index (χ1) is 10.9. The van der Waals surface area contributed by atoms with Crippen molar-refractivity contribution in [3.63, 3.8) is 0 Å². The Morgan fingerprint density at radius 3 is 2.17 bits per heavy atom. The zero-order valence-electron chi connectivity index (χ0n) is 12.2. The molecular formula is C17H15Cl2NO2S. The van der Waals surface area contributed by atoms with Crippen molar-refractivity contribution in [2.24, 2.45) is 5.14 Å². The zero-order valence-corrected chi connectivity index (χ0v) is 14.5. The summed E-state index contributed by atoms with van der Waals surface area (Å²) >= 11 is 12.3. The number of allylic oxidation sites excluding steroid dienone is 2. The van der Waals surface area contributed by atoms with Gasteiger partial charge in [-0.2, -0.15) is 0 Å². The Morgan fingerprint density at radius 2 is 1.57 bits per heavy atom. The molecule has 0 heterocycles. The molecule has 120 valence electrons. The van der Waals surface area contributed by atoms with Gasteiger partial charge in [0.15, 0.2) is 0 Å². The fraction of sp³-hybridized carbons (Fsp3) is 0.176. The summed E-state index contributed by atoms with van der Waals surface area (Å²) in [6, 6.07) is 12.2. The summed E-state index contributed by atoms with van der Waals surface area (Å²) in [5, 5.41) is 6.38. The molecule has 0 saturated heterocycles. The van der Waals surface area contributed by atoms with Crippen LogP contribution in [0.1, 0.15) is 30.4 Å². The number of rotatable bonds is 3. The van der Waals surface area contributed by atoms with E-state index in [4.69, 9.17) is 28.3 Å². The molecule has 2 N–H and O–H groups in total. The molecule has 3 rings (SSSR count). The van der Waals surface area contributed by atoms with Gasteiger partial charge < -0.3 is 0 Å². The average Bonchev–Trinajstić information content (AvgIpc) is 2.95. The van der Waals surface area contributed by atoms with E-state index in [1.165, 1.54) is 23.3 Å². The van der Waals surface area contributed by atoms with Crippen molar-refractivity contribution in [2.45, 2.75) is 24.2 Å². The molecule has 0 aliphatic heterocycles. The third-order valence-corrected chi connectivity index (χ3v) is 5.48. The average molecular weight is 368 g/mol. The number of hydrogen-bond donors (Lipinski definition) is 1. The Balaban J connectivity index is 2.06. The molecule has 0 saturated carbocycles. The molecule has 0 spiro atoms. The van der Waals surface area contributed by atoms with Crippen LogP contribution in [-0.2, 0) is 10.0 Å². The van der Waals surface area contributed by atoms with Crippen molar-refractivity contribution in [1.29, 1.82) is 0 Å². The summed E-state index contributed by atoms with van der Waals surface area (Å²) in [6.07, 6.45) is 2.91. The van der Waals surface area contributed by atoms with E-state index >= 15 is 0 Å². The van der Waals surface area contributed by atoms with Crippen LogP contribution in [0.25, 0.3) is 11.1 Å². The number of sulfonamides is 1. The fourth-order valence-electron chi connectivity index (χ4n) is 2.94. The van der Waals surface area contributed by atoms with Gasteiger partial charge in [-0.25, -0.2) is 13.6 Å². The number of nitrogens with two attached hydrogens (primary N) is 1. The molecule has 0 amide bonds. The summed E-state index contributed by atoms with van der Waals surface area (Å²) in [4.78, 5) is 0.117. The minimum absolute atomic E-state index is 0.117. The second kappa shape index (κ2) is 6.29. The highest BCUT2D eigenvalue weighted by atomic mass is 35.5. The van der Waals surface area contributed by atoms with Gasteiger partial charge in [-0.3, -0.25) is 0 Å². The summed E-state index contributed by atoms with van der Waals surface area (Å²) in [5.74, 6) is 0. The van der Waals surface area contributed by atoms with E-state index in [2.05, 4.69) is 0 Å². The highest BCUT2D eigenvalue weighted by Gasteiger charge is 2.20. The van der Waals surface area contributed by atoms with Crippen molar-refractivity contribution in [2.75, 3.05) is 0 Å². The van der Waals surface area contributed by atoms with Gasteiger partial charge in [0.2, 0.25) is 10.0 Å². The number of hydrogen-bond acceptors (Lipinski definition) is 2. The predicted molar refractivity (Wildman–Crippen MR) is 94.9 cm³/mol. The van der Waals surface area contributed by atoms with Gasteiger partial charge in [-0.15, -0.1) is 0 Å². The Bertz CT molecular complexity index is 887. The smallest absolute Gasteiger partial charge is 0.225 e. The molecule has 0 bridgehead atoms. The van der Waals surface area contributed by atoms with Crippen LogP contribution in [0.3, 0.4) is 0 Å². The molecular weight excluding hydrogens is 353 g/mol. The molecule has 0 atom stereocenters. The van der Waals surface area contributed by atoms with E-state index in [-0.39, 0.29) is 4.90 Å². The Kier molecular flexibility index (Phi) is 4.52. The zero-order chi connectivity index (χ0) is 16.6. The largest absolute Gasteiger partial charge is 0.238 e. The van der Waals surface area contributed by atoms with Crippen molar-refractivity contribution >= 4 is 44.4 Å². The topological polar surface area (TPSA) is 60.2 Å². The molecule has 0 unspecified atom stereocenters. The second-order valence-electron chi connectivity index (χ2n) is 5.50. The van der Waals surface area contributed by atoms with Crippen LogP contribution in [0.4, 0.5) is 0 Å². The van der Waals surface area contributed by atoms with E-state index in [9.17, 15) is 8.42 Å². The standard InChI is InChI=1S/C17H15Cl2NO2S/c18-12-6-9-16(17(19)10-12)15-3-1-2-14(15)11-4-7-13(8-5-11)23(20,21)22/h4-10H,1-3H2,(H2,20,21,22). The van der Waals surface area contributed by atoms with Gasteiger partial charge in [0, 0.05) is 10.0 Å². The van der Waals surface area contributed by atoms with Crippen LogP contribution in [-0.4, -0.2) is 8.42 Å². The summed E-state index contributed by atoms with van der Waals surface area (Å²) in [5.41, 5.74) is 4.36. The highest BCUT2D eigenvalue weighted by Crippen LogP contribution is 2.42. The minimum atomic E-state index is -3.67. The Hall–Kier alpha value is -1.33. The molecule has 0 fully saturated rings. The lowest BCUT2D eigenvalue weighted by atomic mass is 9.97. The summed E-state index contributed by atoms with van der Waals surface area (Å²) < 4.78 is 22.7. The molecule has 1 aliphatic carbocycles. The van der Waals surface area contributed by atoms with Gasteiger partial charge in [0.05, 0.1) is 4.90 Å². The Labute approximate surface area is 145 Å². The van der Waals surface area contributed by atoms with E-state index in [0.717, 1.165) is 30.4 Å². The summed E-state index contributed by atoms with van der Waals surface area (Å²) in [7, 11) is -3.67. The van der Waals surface area contributed by atoms with Crippen molar-refractivity contribution in [3.8, 4) is 0 Å². The van der Waals surface area contributed by atoms with Gasteiger partial charge in [-0.1, -0.05) is 41.4 Å². The quantitative estimate of drug-likeness (QED) is 0.851. The first-order valence-corrected chi connectivity index (χ1v) is 9.47. The fourth-order valence-corrected chi connectivity index (χ4v) is 3.98. The van der Waals surface area contributed by atoms with E-state index < -0.39 is 10.0 Å². The maximum atomic E-state index is 11.4. The third-order valence-electron chi connectivity index (χ3n) is 4.01. The van der Waals surface area contributed by atoms with Crippen LogP contribution in [0.5, 0.6) is 0 Å². The number of benzene rings is 2. The van der Waals surface area contributed by atoms with E-state index in [0.29, 0.717) is 10.0 Å². The highest BCUT2D eigenvalue weighted by molar-refractivity contribution is 7.89. The van der Waals surface area contributed by atoms with E-state index in [1.54, 1.807) is 18.2 Å². The van der Waals surface area contributed by atoms with Crippen molar-refractivity contribution < 1.29 is 8.42 Å². The van der Waals surface area contributed by atoms with Crippen molar-refractivity contribution in [3.05, 3.63) is 63.6 Å². The van der Waals surface area contributed by atoms with Gasteiger partial charge in [0.25, 0.3) is 0 Å². The van der Waals surface area contributed by atoms with Gasteiger partial charge in [0.1, 0.15) is 0 Å². The first kappa shape index (κ1) is 16.5. The third kappa shape index (κ3) is 3.45. The first-order valence-electron chi connectivity index (χ1n) is 7.17. The van der Waals surface area contributed by atoms with Crippen molar-refractivity contribution in [1.82, 2.24) is 0 Å². The maximum Gasteiger partial charge on any atom is 0.238 e. The molecule has 2 aromatic rings. The van der Waals surface area contributed by atoms with Gasteiger partial charge >= 0.3 is 0 Å².